The molecule has 3 N–H and O–H groups in total. The van der Waals surface area contributed by atoms with Crippen molar-refractivity contribution in [2.75, 3.05) is 6.54 Å². The molecule has 0 aliphatic carbocycles. The summed E-state index contributed by atoms with van der Waals surface area (Å²) in [7, 11) is -4.00. The number of aliphatic carboxylic acids is 1. The van der Waals surface area contributed by atoms with Crippen molar-refractivity contribution in [2.45, 2.75) is 30.7 Å². The molecule has 0 aromatic heterocycles. The third kappa shape index (κ3) is 2.97. The average molecular weight is 326 g/mol. The van der Waals surface area contributed by atoms with E-state index in [9.17, 15) is 23.1 Å². The first-order valence-electron chi connectivity index (χ1n) is 6.89. The van der Waals surface area contributed by atoms with Gasteiger partial charge in [-0.15, -0.1) is 0 Å². The summed E-state index contributed by atoms with van der Waals surface area (Å²) >= 11 is 0. The van der Waals surface area contributed by atoms with Gasteiger partial charge in [0.1, 0.15) is 6.04 Å². The standard InChI is InChI=1S/C14H18N2O5S/c1-9-4-3-7-16(12(9)14(18)19)22(20,21)11-6-2-5-10(8-11)13(15)17/h2,5-6,8-9,12H,3-4,7H2,1H3,(H2,15,17)(H,18,19)/t9-,12+/m0/s1. The van der Waals surface area contributed by atoms with Crippen LogP contribution in [0.15, 0.2) is 29.2 Å². The Morgan fingerprint density at radius 1 is 1.36 bits per heavy atom. The molecule has 120 valence electrons. The quantitative estimate of drug-likeness (QED) is 0.842. The van der Waals surface area contributed by atoms with Gasteiger partial charge in [0.2, 0.25) is 15.9 Å². The van der Waals surface area contributed by atoms with Crippen LogP contribution in [-0.2, 0) is 14.8 Å². The number of sulfonamides is 1. The fourth-order valence-electron chi connectivity index (χ4n) is 2.73. The van der Waals surface area contributed by atoms with Crippen LogP contribution in [-0.4, -0.2) is 42.3 Å². The lowest BCUT2D eigenvalue weighted by molar-refractivity contribution is -0.144. The van der Waals surface area contributed by atoms with Gasteiger partial charge >= 0.3 is 5.97 Å². The number of primary amides is 1. The van der Waals surface area contributed by atoms with Crippen LogP contribution in [0.5, 0.6) is 0 Å². The van der Waals surface area contributed by atoms with Gasteiger partial charge < -0.3 is 10.8 Å². The zero-order valence-corrected chi connectivity index (χ0v) is 12.9. The molecule has 1 fully saturated rings. The van der Waals surface area contributed by atoms with E-state index < -0.39 is 27.9 Å². The van der Waals surface area contributed by atoms with Crippen molar-refractivity contribution < 1.29 is 23.1 Å². The Morgan fingerprint density at radius 3 is 2.64 bits per heavy atom. The zero-order chi connectivity index (χ0) is 16.5. The second-order valence-corrected chi connectivity index (χ2v) is 7.30. The fraction of sp³-hybridized carbons (Fsp3) is 0.429. The summed E-state index contributed by atoms with van der Waals surface area (Å²) < 4.78 is 26.5. The van der Waals surface area contributed by atoms with E-state index in [1.807, 2.05) is 0 Å². The third-order valence-electron chi connectivity index (χ3n) is 3.87. The van der Waals surface area contributed by atoms with Crippen molar-refractivity contribution in [3.8, 4) is 0 Å². The second-order valence-electron chi connectivity index (χ2n) is 5.41. The van der Waals surface area contributed by atoms with Crippen molar-refractivity contribution in [1.82, 2.24) is 4.31 Å². The minimum Gasteiger partial charge on any atom is -0.480 e. The first-order valence-corrected chi connectivity index (χ1v) is 8.33. The van der Waals surface area contributed by atoms with Gasteiger partial charge in [0.25, 0.3) is 0 Å². The number of carbonyl (C=O) groups excluding carboxylic acids is 1. The molecule has 0 saturated carbocycles. The van der Waals surface area contributed by atoms with E-state index in [2.05, 4.69) is 0 Å². The van der Waals surface area contributed by atoms with Crippen LogP contribution in [0.3, 0.4) is 0 Å². The molecular formula is C14H18N2O5S. The predicted octanol–water partition coefficient (Wildman–Crippen LogP) is 0.659. The molecule has 1 saturated heterocycles. The molecule has 0 unspecified atom stereocenters. The average Bonchev–Trinajstić information content (AvgIpc) is 2.46. The molecule has 0 spiro atoms. The van der Waals surface area contributed by atoms with Crippen molar-refractivity contribution in [3.63, 3.8) is 0 Å². The number of nitrogens with two attached hydrogens (primary N) is 1. The maximum absolute atomic E-state index is 12.7. The first kappa shape index (κ1) is 16.4. The summed E-state index contributed by atoms with van der Waals surface area (Å²) in [6.07, 6.45) is 1.25. The van der Waals surface area contributed by atoms with E-state index >= 15 is 0 Å². The van der Waals surface area contributed by atoms with Crippen molar-refractivity contribution >= 4 is 21.9 Å². The Balaban J connectivity index is 2.46. The van der Waals surface area contributed by atoms with E-state index in [-0.39, 0.29) is 22.9 Å². The highest BCUT2D eigenvalue weighted by Crippen LogP contribution is 2.29. The summed E-state index contributed by atoms with van der Waals surface area (Å²) in [5.41, 5.74) is 5.23. The van der Waals surface area contributed by atoms with Crippen LogP contribution in [0.1, 0.15) is 30.1 Å². The maximum Gasteiger partial charge on any atom is 0.322 e. The molecule has 0 radical (unpaired) electrons. The number of hydrogen-bond acceptors (Lipinski definition) is 4. The maximum atomic E-state index is 12.7. The molecule has 8 heteroatoms. The minimum absolute atomic E-state index is 0.0676. The number of carboxylic acid groups (broad SMARTS) is 1. The van der Waals surface area contributed by atoms with E-state index in [4.69, 9.17) is 5.73 Å². The van der Waals surface area contributed by atoms with E-state index in [1.54, 1.807) is 6.92 Å². The summed E-state index contributed by atoms with van der Waals surface area (Å²) in [6.45, 7) is 1.87. The van der Waals surface area contributed by atoms with Gasteiger partial charge in [0.05, 0.1) is 4.90 Å². The molecule has 2 atom stereocenters. The van der Waals surface area contributed by atoms with Crippen LogP contribution in [0.25, 0.3) is 0 Å². The summed E-state index contributed by atoms with van der Waals surface area (Å²) in [6, 6.07) is 4.23. The molecule has 1 amide bonds. The van der Waals surface area contributed by atoms with Gasteiger partial charge in [-0.2, -0.15) is 4.31 Å². The van der Waals surface area contributed by atoms with Gasteiger partial charge in [-0.25, -0.2) is 8.42 Å². The second kappa shape index (κ2) is 6.05. The zero-order valence-electron chi connectivity index (χ0n) is 12.1. The smallest absolute Gasteiger partial charge is 0.322 e. The molecule has 1 aliphatic heterocycles. The molecule has 1 heterocycles. The monoisotopic (exact) mass is 326 g/mol. The number of hydrogen-bond donors (Lipinski definition) is 2. The number of benzene rings is 1. The van der Waals surface area contributed by atoms with E-state index in [0.717, 1.165) is 4.31 Å². The van der Waals surface area contributed by atoms with Crippen LogP contribution in [0.2, 0.25) is 0 Å². The van der Waals surface area contributed by atoms with Crippen LogP contribution in [0, 0.1) is 5.92 Å². The van der Waals surface area contributed by atoms with Gasteiger partial charge in [0, 0.05) is 12.1 Å². The molecule has 22 heavy (non-hydrogen) atoms. The number of piperidine rings is 1. The number of amides is 1. The SMILES string of the molecule is C[C@H]1CCCN(S(=O)(=O)c2cccc(C(N)=O)c2)[C@H]1C(=O)O. The van der Waals surface area contributed by atoms with Crippen molar-refractivity contribution in [3.05, 3.63) is 29.8 Å². The summed E-state index contributed by atoms with van der Waals surface area (Å²) in [4.78, 5) is 22.5. The molecule has 1 aromatic rings. The summed E-state index contributed by atoms with van der Waals surface area (Å²) in [5.74, 6) is -2.18. The minimum atomic E-state index is -4.00. The topological polar surface area (TPSA) is 118 Å². The van der Waals surface area contributed by atoms with Crippen LogP contribution >= 0.6 is 0 Å². The van der Waals surface area contributed by atoms with Gasteiger partial charge in [-0.3, -0.25) is 9.59 Å². The largest absolute Gasteiger partial charge is 0.480 e. The lowest BCUT2D eigenvalue weighted by Crippen LogP contribution is -2.51. The van der Waals surface area contributed by atoms with Crippen molar-refractivity contribution in [2.24, 2.45) is 11.7 Å². The van der Waals surface area contributed by atoms with Gasteiger partial charge in [-0.05, 0) is 37.0 Å². The van der Waals surface area contributed by atoms with Crippen LogP contribution < -0.4 is 5.73 Å². The molecular weight excluding hydrogens is 308 g/mol. The van der Waals surface area contributed by atoms with E-state index in [0.29, 0.717) is 12.8 Å². The predicted molar refractivity (Wildman–Crippen MR) is 78.7 cm³/mol. The van der Waals surface area contributed by atoms with Gasteiger partial charge in [-0.1, -0.05) is 13.0 Å². The molecule has 7 nitrogen and oxygen atoms in total. The highest BCUT2D eigenvalue weighted by molar-refractivity contribution is 7.89. The summed E-state index contributed by atoms with van der Waals surface area (Å²) in [5, 5.41) is 9.35. The number of carbonyl (C=O) groups is 2. The lowest BCUT2D eigenvalue weighted by Gasteiger charge is -2.36. The van der Waals surface area contributed by atoms with Crippen molar-refractivity contribution in [1.29, 1.82) is 0 Å². The molecule has 2 rings (SSSR count). The van der Waals surface area contributed by atoms with Crippen LogP contribution in [0.4, 0.5) is 0 Å². The van der Waals surface area contributed by atoms with E-state index in [1.165, 1.54) is 24.3 Å². The number of rotatable bonds is 4. The Kier molecular flexibility index (Phi) is 4.52. The third-order valence-corrected chi connectivity index (χ3v) is 5.74. The number of nitrogens with zero attached hydrogens (tertiary/aromatic N) is 1. The first-order chi connectivity index (χ1) is 10.2. The highest BCUT2D eigenvalue weighted by Gasteiger charge is 2.41. The fourth-order valence-corrected chi connectivity index (χ4v) is 4.50. The highest BCUT2D eigenvalue weighted by atomic mass is 32.2. The van der Waals surface area contributed by atoms with Gasteiger partial charge in [0.15, 0.2) is 0 Å². The molecule has 1 aromatic carbocycles. The normalized spacial score (nSPS) is 23.1. The Morgan fingerprint density at radius 2 is 2.05 bits per heavy atom. The Bertz CT molecular complexity index is 701. The lowest BCUT2D eigenvalue weighted by atomic mass is 9.93. The Hall–Kier alpha value is -1.93. The molecule has 0 bridgehead atoms. The Labute approximate surface area is 128 Å². The molecule has 1 aliphatic rings. The number of carboxylic acids is 1.